The molecular weight excluding hydrogens is 245 g/mol. The molecule has 0 atom stereocenters. The Morgan fingerprint density at radius 2 is 2.00 bits per heavy atom. The summed E-state index contributed by atoms with van der Waals surface area (Å²) in [5.74, 6) is -0.431. The third-order valence-electron chi connectivity index (χ3n) is 3.47. The largest absolute Gasteiger partial charge is 0.468 e. The third kappa shape index (κ3) is 3.05. The van der Waals surface area contributed by atoms with E-state index in [1.54, 1.807) is 6.26 Å². The van der Waals surface area contributed by atoms with E-state index < -0.39 is 12.1 Å². The Hall–Kier alpha value is -1.01. The van der Waals surface area contributed by atoms with Crippen molar-refractivity contribution in [1.29, 1.82) is 0 Å². The highest BCUT2D eigenvalue weighted by Crippen LogP contribution is 2.34. The number of nitrogens with two attached hydrogens (primary N) is 1. The molecule has 0 saturated carbocycles. The van der Waals surface area contributed by atoms with Crippen LogP contribution in [0.3, 0.4) is 0 Å². The van der Waals surface area contributed by atoms with Gasteiger partial charge in [0.25, 0.3) is 0 Å². The van der Waals surface area contributed by atoms with Crippen LogP contribution >= 0.6 is 0 Å². The van der Waals surface area contributed by atoms with Gasteiger partial charge in [0.2, 0.25) is 0 Å². The number of alkyl halides is 3. The van der Waals surface area contributed by atoms with Crippen LogP contribution in [0.15, 0.2) is 16.7 Å². The monoisotopic (exact) mass is 262 g/mol. The van der Waals surface area contributed by atoms with Crippen LogP contribution in [0, 0.1) is 5.92 Å². The maximum atomic E-state index is 12.5. The van der Waals surface area contributed by atoms with Gasteiger partial charge in [0, 0.05) is 12.1 Å². The van der Waals surface area contributed by atoms with Gasteiger partial charge in [0.15, 0.2) is 0 Å². The van der Waals surface area contributed by atoms with E-state index in [0.29, 0.717) is 31.9 Å². The first-order chi connectivity index (χ1) is 8.50. The first-order valence-corrected chi connectivity index (χ1v) is 6.05. The number of nitrogens with zero attached hydrogens (tertiary/aromatic N) is 1. The first kappa shape index (κ1) is 13.4. The van der Waals surface area contributed by atoms with Crippen LogP contribution in [-0.2, 0) is 13.1 Å². The first-order valence-electron chi connectivity index (χ1n) is 6.05. The minimum absolute atomic E-state index is 0.180. The van der Waals surface area contributed by atoms with Crippen LogP contribution in [0.25, 0.3) is 0 Å². The highest BCUT2D eigenvalue weighted by atomic mass is 19.4. The van der Waals surface area contributed by atoms with Crippen LogP contribution in [0.4, 0.5) is 13.2 Å². The number of hydrogen-bond donors (Lipinski definition) is 1. The summed E-state index contributed by atoms with van der Waals surface area (Å²) in [4.78, 5) is 2.02. The normalized spacial score (nSPS) is 19.3. The molecule has 1 aliphatic heterocycles. The fraction of sp³-hybridized carbons (Fsp3) is 0.667. The summed E-state index contributed by atoms with van der Waals surface area (Å²) in [6.07, 6.45) is -2.12. The van der Waals surface area contributed by atoms with Crippen LogP contribution in [0.1, 0.15) is 24.2 Å². The van der Waals surface area contributed by atoms with Crippen LogP contribution in [0.2, 0.25) is 0 Å². The predicted molar refractivity (Wildman–Crippen MR) is 60.7 cm³/mol. The van der Waals surface area contributed by atoms with Crippen LogP contribution in [0.5, 0.6) is 0 Å². The summed E-state index contributed by atoms with van der Waals surface area (Å²) in [5.41, 5.74) is 6.49. The lowest BCUT2D eigenvalue weighted by molar-refractivity contribution is -0.185. The van der Waals surface area contributed by atoms with Gasteiger partial charge in [-0.3, -0.25) is 4.90 Å². The number of piperidine rings is 1. The molecule has 3 nitrogen and oxygen atoms in total. The highest BCUT2D eigenvalue weighted by Gasteiger charge is 2.40. The third-order valence-corrected chi connectivity index (χ3v) is 3.47. The summed E-state index contributed by atoms with van der Waals surface area (Å²) in [7, 11) is 0. The van der Waals surface area contributed by atoms with Crippen LogP contribution < -0.4 is 5.73 Å². The average molecular weight is 262 g/mol. The molecule has 1 aliphatic rings. The second kappa shape index (κ2) is 5.32. The zero-order valence-corrected chi connectivity index (χ0v) is 10.0. The molecule has 102 valence electrons. The quantitative estimate of drug-likeness (QED) is 0.910. The topological polar surface area (TPSA) is 42.4 Å². The molecule has 0 aliphatic carbocycles. The van der Waals surface area contributed by atoms with Gasteiger partial charge in [-0.05, 0) is 32.0 Å². The molecule has 1 saturated heterocycles. The van der Waals surface area contributed by atoms with E-state index in [9.17, 15) is 13.2 Å². The van der Waals surface area contributed by atoms with E-state index in [2.05, 4.69) is 0 Å². The molecule has 0 aromatic carbocycles. The molecule has 1 fully saturated rings. The highest BCUT2D eigenvalue weighted by molar-refractivity contribution is 5.16. The number of hydrogen-bond acceptors (Lipinski definition) is 3. The minimum Gasteiger partial charge on any atom is -0.468 e. The summed E-state index contributed by atoms with van der Waals surface area (Å²) in [6, 6.07) is 1.83. The lowest BCUT2D eigenvalue weighted by Gasteiger charge is -2.32. The Morgan fingerprint density at radius 3 is 2.56 bits per heavy atom. The van der Waals surface area contributed by atoms with Gasteiger partial charge >= 0.3 is 6.18 Å². The predicted octanol–water partition coefficient (Wildman–Crippen LogP) is 2.51. The van der Waals surface area contributed by atoms with Crippen molar-refractivity contribution in [3.63, 3.8) is 0 Å². The molecule has 6 heteroatoms. The molecule has 1 aromatic heterocycles. The maximum Gasteiger partial charge on any atom is 0.391 e. The summed E-state index contributed by atoms with van der Waals surface area (Å²) in [5, 5.41) is 0. The number of rotatable bonds is 3. The van der Waals surface area contributed by atoms with E-state index in [1.807, 2.05) is 11.0 Å². The zero-order valence-electron chi connectivity index (χ0n) is 10.0. The van der Waals surface area contributed by atoms with E-state index in [-0.39, 0.29) is 12.8 Å². The van der Waals surface area contributed by atoms with Crippen molar-refractivity contribution in [2.45, 2.75) is 32.1 Å². The number of likely N-dealkylation sites (tertiary alicyclic amines) is 1. The second-order valence-corrected chi connectivity index (χ2v) is 4.67. The van der Waals surface area contributed by atoms with Crippen molar-refractivity contribution in [2.24, 2.45) is 11.7 Å². The molecule has 0 amide bonds. The Bertz CT molecular complexity index is 381. The Labute approximate surface area is 104 Å². The molecule has 0 bridgehead atoms. The SMILES string of the molecule is NCc1occc1CN1CCC(C(F)(F)F)CC1. The lowest BCUT2D eigenvalue weighted by Crippen LogP contribution is -2.38. The average Bonchev–Trinajstić information content (AvgIpc) is 2.76. The van der Waals surface area contributed by atoms with Gasteiger partial charge in [0.05, 0.1) is 18.7 Å². The molecule has 2 heterocycles. The van der Waals surface area contributed by atoms with Crippen molar-refractivity contribution in [2.75, 3.05) is 13.1 Å². The fourth-order valence-electron chi connectivity index (χ4n) is 2.35. The van der Waals surface area contributed by atoms with Crippen LogP contribution in [-0.4, -0.2) is 24.2 Å². The van der Waals surface area contributed by atoms with E-state index >= 15 is 0 Å². The number of halogens is 3. The molecule has 2 rings (SSSR count). The Kier molecular flexibility index (Phi) is 3.97. The number of furan rings is 1. The van der Waals surface area contributed by atoms with E-state index in [0.717, 1.165) is 5.56 Å². The lowest BCUT2D eigenvalue weighted by atomic mass is 9.96. The summed E-state index contributed by atoms with van der Waals surface area (Å²) >= 11 is 0. The van der Waals surface area contributed by atoms with Gasteiger partial charge in [-0.15, -0.1) is 0 Å². The zero-order chi connectivity index (χ0) is 13.2. The second-order valence-electron chi connectivity index (χ2n) is 4.67. The van der Waals surface area contributed by atoms with Gasteiger partial charge in [0.1, 0.15) is 5.76 Å². The van der Waals surface area contributed by atoms with Crippen molar-refractivity contribution in [1.82, 2.24) is 4.90 Å². The van der Waals surface area contributed by atoms with Gasteiger partial charge < -0.3 is 10.2 Å². The summed E-state index contributed by atoms with van der Waals surface area (Å²) in [6.45, 7) is 1.88. The van der Waals surface area contributed by atoms with Crippen molar-refractivity contribution >= 4 is 0 Å². The smallest absolute Gasteiger partial charge is 0.391 e. The van der Waals surface area contributed by atoms with Gasteiger partial charge in [-0.1, -0.05) is 0 Å². The molecule has 0 radical (unpaired) electrons. The molecule has 2 N–H and O–H groups in total. The molecule has 18 heavy (non-hydrogen) atoms. The summed E-state index contributed by atoms with van der Waals surface area (Å²) < 4.78 is 42.7. The van der Waals surface area contributed by atoms with Gasteiger partial charge in [-0.2, -0.15) is 13.2 Å². The Balaban J connectivity index is 1.87. The molecule has 0 unspecified atom stereocenters. The van der Waals surface area contributed by atoms with E-state index in [4.69, 9.17) is 10.2 Å². The Morgan fingerprint density at radius 1 is 1.33 bits per heavy atom. The van der Waals surface area contributed by atoms with Crippen molar-refractivity contribution in [3.05, 3.63) is 23.7 Å². The minimum atomic E-state index is -4.05. The molecular formula is C12H17F3N2O. The van der Waals surface area contributed by atoms with Crippen molar-refractivity contribution < 1.29 is 17.6 Å². The molecule has 1 aromatic rings. The fourth-order valence-corrected chi connectivity index (χ4v) is 2.35. The standard InChI is InChI=1S/C12H17F3N2O/c13-12(14,15)10-1-4-17(5-2-10)8-9-3-6-18-11(9)7-16/h3,6,10H,1-2,4-5,7-8,16H2. The maximum absolute atomic E-state index is 12.5. The molecule has 0 spiro atoms. The van der Waals surface area contributed by atoms with Crippen molar-refractivity contribution in [3.8, 4) is 0 Å². The van der Waals surface area contributed by atoms with E-state index in [1.165, 1.54) is 0 Å². The van der Waals surface area contributed by atoms with Gasteiger partial charge in [-0.25, -0.2) is 0 Å².